The largest absolute Gasteiger partial charge is 0.481 e. The second kappa shape index (κ2) is 4.24. The SMILES string of the molecule is O=C(O)Cc1nc(F)c(C(F)F)cc1F. The van der Waals surface area contributed by atoms with Crippen molar-refractivity contribution < 1.29 is 27.5 Å². The van der Waals surface area contributed by atoms with E-state index in [0.717, 1.165) is 0 Å². The summed E-state index contributed by atoms with van der Waals surface area (Å²) in [6, 6.07) is 0.255. The van der Waals surface area contributed by atoms with Gasteiger partial charge < -0.3 is 5.11 Å². The number of nitrogens with zero attached hydrogens (tertiary/aromatic N) is 1. The molecule has 0 unspecified atom stereocenters. The molecule has 0 radical (unpaired) electrons. The number of aromatic nitrogens is 1. The van der Waals surface area contributed by atoms with Gasteiger partial charge in [0.1, 0.15) is 5.82 Å². The number of alkyl halides is 2. The van der Waals surface area contributed by atoms with E-state index in [9.17, 15) is 22.4 Å². The zero-order valence-corrected chi connectivity index (χ0v) is 7.18. The van der Waals surface area contributed by atoms with Crippen LogP contribution in [0.1, 0.15) is 17.7 Å². The van der Waals surface area contributed by atoms with Crippen LogP contribution in [0.2, 0.25) is 0 Å². The summed E-state index contributed by atoms with van der Waals surface area (Å²) < 4.78 is 49.8. The number of hydrogen-bond acceptors (Lipinski definition) is 2. The third kappa shape index (κ3) is 2.64. The fourth-order valence-electron chi connectivity index (χ4n) is 0.936. The molecule has 1 N–H and O–H groups in total. The van der Waals surface area contributed by atoms with Crippen LogP contribution in [0.15, 0.2) is 6.07 Å². The second-order valence-corrected chi connectivity index (χ2v) is 2.67. The highest BCUT2D eigenvalue weighted by atomic mass is 19.3. The Morgan fingerprint density at radius 2 is 2.07 bits per heavy atom. The average molecular weight is 223 g/mol. The maximum atomic E-state index is 12.9. The van der Waals surface area contributed by atoms with Crippen LogP contribution in [0.25, 0.3) is 0 Å². The van der Waals surface area contributed by atoms with Crippen molar-refractivity contribution in [1.82, 2.24) is 4.98 Å². The molecule has 0 fully saturated rings. The van der Waals surface area contributed by atoms with Gasteiger partial charge in [0.2, 0.25) is 5.95 Å². The molecule has 0 bridgehead atoms. The molecule has 3 nitrogen and oxygen atoms in total. The van der Waals surface area contributed by atoms with Crippen molar-refractivity contribution in [1.29, 1.82) is 0 Å². The van der Waals surface area contributed by atoms with Crippen LogP contribution < -0.4 is 0 Å². The molecule has 0 aromatic carbocycles. The monoisotopic (exact) mass is 223 g/mol. The Bertz CT molecular complexity index is 394. The lowest BCUT2D eigenvalue weighted by Gasteiger charge is -2.04. The molecule has 7 heteroatoms. The first-order chi connectivity index (χ1) is 6.91. The van der Waals surface area contributed by atoms with Gasteiger partial charge in [0, 0.05) is 0 Å². The summed E-state index contributed by atoms with van der Waals surface area (Å²) in [5.41, 5.74) is -1.88. The normalized spacial score (nSPS) is 10.7. The highest BCUT2D eigenvalue weighted by Gasteiger charge is 2.19. The Morgan fingerprint density at radius 1 is 1.47 bits per heavy atom. The third-order valence-corrected chi connectivity index (χ3v) is 1.58. The number of carbonyl (C=O) groups is 1. The predicted octanol–water partition coefficient (Wildman–Crippen LogP) is 1.92. The maximum Gasteiger partial charge on any atom is 0.309 e. The number of pyridine rings is 1. The van der Waals surface area contributed by atoms with Crippen LogP contribution in [0.3, 0.4) is 0 Å². The van der Waals surface area contributed by atoms with Gasteiger partial charge in [0.05, 0.1) is 17.7 Å². The van der Waals surface area contributed by atoms with Gasteiger partial charge in [-0.1, -0.05) is 0 Å². The third-order valence-electron chi connectivity index (χ3n) is 1.58. The van der Waals surface area contributed by atoms with Crippen molar-refractivity contribution >= 4 is 5.97 Å². The Morgan fingerprint density at radius 3 is 2.53 bits per heavy atom. The van der Waals surface area contributed by atoms with Gasteiger partial charge in [0.25, 0.3) is 6.43 Å². The summed E-state index contributed by atoms with van der Waals surface area (Å²) >= 11 is 0. The van der Waals surface area contributed by atoms with Gasteiger partial charge in [-0.05, 0) is 6.07 Å². The first-order valence-electron chi connectivity index (χ1n) is 3.76. The van der Waals surface area contributed by atoms with Gasteiger partial charge in [-0.3, -0.25) is 4.79 Å². The molecule has 0 aliphatic heterocycles. The molecule has 82 valence electrons. The van der Waals surface area contributed by atoms with Crippen molar-refractivity contribution in [3.05, 3.63) is 29.1 Å². The van der Waals surface area contributed by atoms with Gasteiger partial charge in [-0.15, -0.1) is 0 Å². The van der Waals surface area contributed by atoms with Crippen LogP contribution >= 0.6 is 0 Å². The lowest BCUT2D eigenvalue weighted by Crippen LogP contribution is -2.08. The molecule has 1 aromatic rings. The fourth-order valence-corrected chi connectivity index (χ4v) is 0.936. The molecule has 0 aliphatic carbocycles. The molecule has 1 aromatic heterocycles. The lowest BCUT2D eigenvalue weighted by molar-refractivity contribution is -0.136. The fraction of sp³-hybridized carbons (Fsp3) is 0.250. The van der Waals surface area contributed by atoms with Gasteiger partial charge in [-0.25, -0.2) is 18.2 Å². The first kappa shape index (κ1) is 11.4. The van der Waals surface area contributed by atoms with E-state index in [-0.39, 0.29) is 6.07 Å². The van der Waals surface area contributed by atoms with E-state index in [4.69, 9.17) is 5.11 Å². The molecule has 0 atom stereocenters. The minimum atomic E-state index is -3.19. The molecule has 0 saturated heterocycles. The maximum absolute atomic E-state index is 12.9. The lowest BCUT2D eigenvalue weighted by atomic mass is 10.2. The number of halogens is 4. The van der Waals surface area contributed by atoms with E-state index in [0.29, 0.717) is 0 Å². The summed E-state index contributed by atoms with van der Waals surface area (Å²) in [5, 5.41) is 8.28. The van der Waals surface area contributed by atoms with Crippen LogP contribution in [0.4, 0.5) is 17.6 Å². The summed E-state index contributed by atoms with van der Waals surface area (Å²) in [7, 11) is 0. The van der Waals surface area contributed by atoms with Gasteiger partial charge in [-0.2, -0.15) is 4.39 Å². The van der Waals surface area contributed by atoms with E-state index in [1.165, 1.54) is 0 Å². The average Bonchev–Trinajstić information content (AvgIpc) is 2.09. The Balaban J connectivity index is 3.13. The molecule has 0 spiro atoms. The minimum absolute atomic E-state index is 0.255. The molecular weight excluding hydrogens is 218 g/mol. The molecule has 1 heterocycles. The van der Waals surface area contributed by atoms with Crippen molar-refractivity contribution in [3.8, 4) is 0 Å². The van der Waals surface area contributed by atoms with E-state index in [2.05, 4.69) is 4.98 Å². The van der Waals surface area contributed by atoms with Gasteiger partial charge in [0.15, 0.2) is 0 Å². The number of aliphatic carboxylic acids is 1. The Kier molecular flexibility index (Phi) is 3.23. The molecule has 0 amide bonds. The van der Waals surface area contributed by atoms with Crippen LogP contribution in [0, 0.1) is 11.8 Å². The Hall–Kier alpha value is -1.66. The zero-order chi connectivity index (χ0) is 11.6. The standard InChI is InChI=1S/C8H5F4NO2/c9-4-1-3(7(10)11)8(12)13-5(4)2-6(14)15/h1,7H,2H2,(H,14,15). The summed E-state index contributed by atoms with van der Waals surface area (Å²) in [4.78, 5) is 13.0. The highest BCUT2D eigenvalue weighted by molar-refractivity contribution is 5.69. The Labute approximate surface area is 81.4 Å². The minimum Gasteiger partial charge on any atom is -0.481 e. The van der Waals surface area contributed by atoms with Crippen LogP contribution in [0.5, 0.6) is 0 Å². The molecule has 1 rings (SSSR count). The van der Waals surface area contributed by atoms with E-state index in [1.807, 2.05) is 0 Å². The first-order valence-corrected chi connectivity index (χ1v) is 3.76. The molecule has 0 saturated carbocycles. The van der Waals surface area contributed by atoms with Crippen LogP contribution in [-0.4, -0.2) is 16.1 Å². The van der Waals surface area contributed by atoms with Crippen molar-refractivity contribution in [2.45, 2.75) is 12.8 Å². The van der Waals surface area contributed by atoms with E-state index < -0.39 is 41.8 Å². The quantitative estimate of drug-likeness (QED) is 0.629. The smallest absolute Gasteiger partial charge is 0.309 e. The van der Waals surface area contributed by atoms with Crippen molar-refractivity contribution in [2.24, 2.45) is 0 Å². The topological polar surface area (TPSA) is 50.2 Å². The summed E-state index contributed by atoms with van der Waals surface area (Å²) in [5.74, 6) is -4.23. The molecule has 0 aliphatic rings. The molecular formula is C8H5F4NO2. The van der Waals surface area contributed by atoms with Crippen LogP contribution in [-0.2, 0) is 11.2 Å². The van der Waals surface area contributed by atoms with E-state index in [1.54, 1.807) is 0 Å². The zero-order valence-electron chi connectivity index (χ0n) is 7.18. The second-order valence-electron chi connectivity index (χ2n) is 2.67. The van der Waals surface area contributed by atoms with Crippen molar-refractivity contribution in [3.63, 3.8) is 0 Å². The number of hydrogen-bond donors (Lipinski definition) is 1. The van der Waals surface area contributed by atoms with Gasteiger partial charge >= 0.3 is 5.97 Å². The van der Waals surface area contributed by atoms with E-state index >= 15 is 0 Å². The summed E-state index contributed by atoms with van der Waals surface area (Å²) in [6.07, 6.45) is -4.04. The molecule has 15 heavy (non-hydrogen) atoms. The predicted molar refractivity (Wildman–Crippen MR) is 40.4 cm³/mol. The number of carboxylic acid groups (broad SMARTS) is 1. The number of carboxylic acids is 1. The van der Waals surface area contributed by atoms with Crippen molar-refractivity contribution in [2.75, 3.05) is 0 Å². The summed E-state index contributed by atoms with van der Waals surface area (Å²) in [6.45, 7) is 0. The number of rotatable bonds is 3. The highest BCUT2D eigenvalue weighted by Crippen LogP contribution is 2.22.